The van der Waals surface area contributed by atoms with Crippen LogP contribution in [0.4, 0.5) is 0 Å². The van der Waals surface area contributed by atoms with Crippen LogP contribution < -0.4 is 5.32 Å². The quantitative estimate of drug-likeness (QED) is 0.536. The lowest BCUT2D eigenvalue weighted by molar-refractivity contribution is 0.706. The highest BCUT2D eigenvalue weighted by Crippen LogP contribution is 1.98. The van der Waals surface area contributed by atoms with E-state index in [1.54, 1.807) is 0 Å². The fourth-order valence-corrected chi connectivity index (χ4v) is 0.568. The highest BCUT2D eigenvalue weighted by Gasteiger charge is 1.83. The Balaban J connectivity index is 2.53. The van der Waals surface area contributed by atoms with Gasteiger partial charge in [-0.1, -0.05) is 26.2 Å². The first-order valence-electron chi connectivity index (χ1n) is 3.20. The smallest absolute Gasteiger partial charge is 0.0218 e. The van der Waals surface area contributed by atoms with E-state index in [-0.39, 0.29) is 0 Å². The van der Waals surface area contributed by atoms with Crippen molar-refractivity contribution in [1.29, 1.82) is 0 Å². The normalized spacial score (nSPS) is 9.75. The van der Waals surface area contributed by atoms with Gasteiger partial charge >= 0.3 is 0 Å². The summed E-state index contributed by atoms with van der Waals surface area (Å²) in [5, 5.41) is 2.98. The van der Waals surface area contributed by atoms with Crippen molar-refractivity contribution in [3.05, 3.63) is 13.5 Å². The van der Waals surface area contributed by atoms with Gasteiger partial charge in [0.25, 0.3) is 0 Å². The molecule has 0 aliphatic heterocycles. The maximum absolute atomic E-state index is 3.75. The summed E-state index contributed by atoms with van der Waals surface area (Å²) in [6, 6.07) is 0. The van der Waals surface area contributed by atoms with E-state index in [2.05, 4.69) is 18.8 Å². The van der Waals surface area contributed by atoms with Gasteiger partial charge in [0.2, 0.25) is 0 Å². The molecule has 0 spiro atoms. The number of unbranched alkanes of at least 4 members (excludes halogenated alkanes) is 3. The summed E-state index contributed by atoms with van der Waals surface area (Å²) in [4.78, 5) is 0. The molecular formula is C7H15N. The van der Waals surface area contributed by atoms with Gasteiger partial charge in [-0.2, -0.15) is 0 Å². The summed E-state index contributed by atoms with van der Waals surface area (Å²) in [6.07, 6.45) is 4.76. The summed E-state index contributed by atoms with van der Waals surface area (Å²) in [5.41, 5.74) is 0. The molecule has 0 fully saturated rings. The third-order valence-electron chi connectivity index (χ3n) is 1.05. The van der Waals surface area contributed by atoms with Crippen LogP contribution in [-0.2, 0) is 0 Å². The van der Waals surface area contributed by atoms with Crippen molar-refractivity contribution < 1.29 is 0 Å². The minimum absolute atomic E-state index is 1.07. The van der Waals surface area contributed by atoms with Crippen LogP contribution in [0.15, 0.2) is 0 Å². The molecule has 2 radical (unpaired) electrons. The second-order valence-corrected chi connectivity index (χ2v) is 1.84. The highest BCUT2D eigenvalue weighted by atomic mass is 14.8. The molecule has 0 aromatic heterocycles. The van der Waals surface area contributed by atoms with Crippen molar-refractivity contribution in [2.45, 2.75) is 25.7 Å². The van der Waals surface area contributed by atoms with E-state index < -0.39 is 0 Å². The predicted octanol–water partition coefficient (Wildman–Crippen LogP) is 1.76. The van der Waals surface area contributed by atoms with E-state index >= 15 is 0 Å². The van der Waals surface area contributed by atoms with Crippen LogP contribution in [0.3, 0.4) is 0 Å². The Labute approximate surface area is 52.5 Å². The SMILES string of the molecule is [CH2]CCCC[CH]NC. The first-order valence-corrected chi connectivity index (χ1v) is 3.20. The second-order valence-electron chi connectivity index (χ2n) is 1.84. The van der Waals surface area contributed by atoms with Crippen molar-refractivity contribution in [2.75, 3.05) is 7.05 Å². The molecule has 48 valence electrons. The predicted molar refractivity (Wildman–Crippen MR) is 37.2 cm³/mol. The molecule has 0 unspecified atom stereocenters. The average molecular weight is 113 g/mol. The lowest BCUT2D eigenvalue weighted by Crippen LogP contribution is -1.99. The highest BCUT2D eigenvalue weighted by molar-refractivity contribution is 4.57. The van der Waals surface area contributed by atoms with Crippen LogP contribution in [0.2, 0.25) is 0 Å². The maximum Gasteiger partial charge on any atom is 0.0218 e. The summed E-state index contributed by atoms with van der Waals surface area (Å²) < 4.78 is 0. The molecule has 0 rings (SSSR count). The third-order valence-corrected chi connectivity index (χ3v) is 1.05. The van der Waals surface area contributed by atoms with Crippen LogP contribution in [0.5, 0.6) is 0 Å². The zero-order valence-electron chi connectivity index (χ0n) is 5.61. The zero-order valence-corrected chi connectivity index (χ0v) is 5.61. The minimum atomic E-state index is 1.07. The molecule has 1 nitrogen and oxygen atoms in total. The molecule has 1 N–H and O–H groups in total. The van der Waals surface area contributed by atoms with Gasteiger partial charge in [0.15, 0.2) is 0 Å². The fraction of sp³-hybridized carbons (Fsp3) is 0.714. The van der Waals surface area contributed by atoms with Gasteiger partial charge in [0.05, 0.1) is 0 Å². The van der Waals surface area contributed by atoms with E-state index in [0.717, 1.165) is 6.42 Å². The Bertz CT molecular complexity index is 29.4. The Morgan fingerprint density at radius 3 is 2.75 bits per heavy atom. The maximum atomic E-state index is 3.75. The Morgan fingerprint density at radius 1 is 1.50 bits per heavy atom. The molecule has 0 aromatic rings. The Hall–Kier alpha value is -0.0400. The monoisotopic (exact) mass is 113 g/mol. The zero-order chi connectivity index (χ0) is 6.24. The molecule has 0 amide bonds. The van der Waals surface area contributed by atoms with E-state index in [4.69, 9.17) is 0 Å². The van der Waals surface area contributed by atoms with Crippen molar-refractivity contribution in [2.24, 2.45) is 0 Å². The molecule has 0 saturated heterocycles. The third kappa shape index (κ3) is 5.96. The Morgan fingerprint density at radius 2 is 2.25 bits per heavy atom. The average Bonchev–Trinajstić information content (AvgIpc) is 1.81. The fourth-order valence-electron chi connectivity index (χ4n) is 0.568. The van der Waals surface area contributed by atoms with Gasteiger partial charge in [-0.05, 0) is 13.5 Å². The first kappa shape index (κ1) is 7.96. The van der Waals surface area contributed by atoms with E-state index in [9.17, 15) is 0 Å². The van der Waals surface area contributed by atoms with Crippen LogP contribution in [0.25, 0.3) is 0 Å². The van der Waals surface area contributed by atoms with Gasteiger partial charge < -0.3 is 5.32 Å². The largest absolute Gasteiger partial charge is 0.315 e. The summed E-state index contributed by atoms with van der Waals surface area (Å²) in [6.45, 7) is 5.83. The molecule has 1 heteroatoms. The Kier molecular flexibility index (Phi) is 6.93. The van der Waals surface area contributed by atoms with E-state index in [1.807, 2.05) is 7.05 Å². The van der Waals surface area contributed by atoms with Gasteiger partial charge in [0, 0.05) is 6.54 Å². The standard InChI is InChI=1S/C7H15N/c1-3-4-5-6-7-8-2/h7-8H,1,3-6H2,2H3. The van der Waals surface area contributed by atoms with Gasteiger partial charge in [-0.15, -0.1) is 0 Å². The minimum Gasteiger partial charge on any atom is -0.315 e. The van der Waals surface area contributed by atoms with Crippen LogP contribution in [-0.4, -0.2) is 7.05 Å². The van der Waals surface area contributed by atoms with Crippen LogP contribution >= 0.6 is 0 Å². The second kappa shape index (κ2) is 6.96. The molecule has 0 aliphatic rings. The molecule has 0 saturated carbocycles. The van der Waals surface area contributed by atoms with E-state index in [1.165, 1.54) is 19.3 Å². The number of nitrogens with one attached hydrogen (secondary N) is 1. The number of hydrogen-bond donors (Lipinski definition) is 1. The van der Waals surface area contributed by atoms with Crippen molar-refractivity contribution in [3.63, 3.8) is 0 Å². The van der Waals surface area contributed by atoms with Crippen LogP contribution in [0, 0.1) is 13.5 Å². The summed E-state index contributed by atoms with van der Waals surface area (Å²) in [7, 11) is 1.93. The summed E-state index contributed by atoms with van der Waals surface area (Å²) >= 11 is 0. The van der Waals surface area contributed by atoms with Crippen molar-refractivity contribution in [1.82, 2.24) is 5.32 Å². The van der Waals surface area contributed by atoms with E-state index in [0.29, 0.717) is 0 Å². The molecule has 0 atom stereocenters. The number of rotatable bonds is 5. The molecular weight excluding hydrogens is 98.1 g/mol. The van der Waals surface area contributed by atoms with Crippen LogP contribution in [0.1, 0.15) is 25.7 Å². The number of hydrogen-bond acceptors (Lipinski definition) is 1. The lowest BCUT2D eigenvalue weighted by atomic mass is 10.2. The molecule has 0 aromatic carbocycles. The first-order chi connectivity index (χ1) is 3.91. The summed E-state index contributed by atoms with van der Waals surface area (Å²) in [5.74, 6) is 0. The van der Waals surface area contributed by atoms with Gasteiger partial charge in [-0.3, -0.25) is 0 Å². The molecule has 0 heterocycles. The molecule has 8 heavy (non-hydrogen) atoms. The lowest BCUT2D eigenvalue weighted by Gasteiger charge is -1.94. The van der Waals surface area contributed by atoms with Crippen molar-refractivity contribution in [3.8, 4) is 0 Å². The van der Waals surface area contributed by atoms with Gasteiger partial charge in [-0.25, -0.2) is 0 Å². The molecule has 0 aliphatic carbocycles. The molecule has 0 bridgehead atoms. The van der Waals surface area contributed by atoms with Crippen molar-refractivity contribution >= 4 is 0 Å². The van der Waals surface area contributed by atoms with Gasteiger partial charge in [0.1, 0.15) is 0 Å². The topological polar surface area (TPSA) is 12.0 Å².